The molecule has 0 aliphatic carbocycles. The molecule has 2 heterocycles. The van der Waals surface area contributed by atoms with Crippen LogP contribution >= 0.6 is 15.9 Å². The van der Waals surface area contributed by atoms with Gasteiger partial charge in [-0.05, 0) is 35.9 Å². The molecule has 1 aromatic heterocycles. The molecule has 0 unspecified atom stereocenters. The number of aliphatic hydroxyl groups is 1. The number of rotatable bonds is 4. The van der Waals surface area contributed by atoms with Gasteiger partial charge in [0.2, 0.25) is 0 Å². The van der Waals surface area contributed by atoms with E-state index in [0.717, 1.165) is 32.6 Å². The molecule has 1 aliphatic heterocycles. The van der Waals surface area contributed by atoms with Crippen molar-refractivity contribution < 1.29 is 9.84 Å². The summed E-state index contributed by atoms with van der Waals surface area (Å²) in [5.41, 5.74) is 3.90. The Bertz CT molecular complexity index is 686. The van der Waals surface area contributed by atoms with Crippen LogP contribution in [0, 0.1) is 0 Å². The predicted molar refractivity (Wildman–Crippen MR) is 86.3 cm³/mol. The molecule has 4 nitrogen and oxygen atoms in total. The van der Waals surface area contributed by atoms with E-state index in [0.29, 0.717) is 13.2 Å². The van der Waals surface area contributed by atoms with Crippen LogP contribution in [0.1, 0.15) is 11.1 Å². The van der Waals surface area contributed by atoms with Crippen LogP contribution in [0.25, 0.3) is 6.08 Å². The number of ether oxygens (including phenoxy) is 1. The molecule has 0 bridgehead atoms. The summed E-state index contributed by atoms with van der Waals surface area (Å²) in [7, 11) is 0. The van der Waals surface area contributed by atoms with Crippen molar-refractivity contribution in [3.8, 4) is 5.75 Å². The van der Waals surface area contributed by atoms with Gasteiger partial charge in [0, 0.05) is 28.3 Å². The smallest absolute Gasteiger partial charge is 0.127 e. The monoisotopic (exact) mass is 346 g/mol. The Hall–Kier alpha value is -1.85. The van der Waals surface area contributed by atoms with Crippen molar-refractivity contribution in [2.75, 3.05) is 18.5 Å². The highest BCUT2D eigenvalue weighted by Gasteiger charge is 2.12. The number of nitrogens with zero attached hydrogens (tertiary/aromatic N) is 1. The maximum absolute atomic E-state index is 9.30. The number of hydrogen-bond donors (Lipinski definition) is 2. The number of fused-ring (bicyclic) bond motifs is 1. The van der Waals surface area contributed by atoms with Crippen molar-refractivity contribution in [3.63, 3.8) is 0 Å². The van der Waals surface area contributed by atoms with Crippen LogP contribution in [0.4, 0.5) is 5.69 Å². The van der Waals surface area contributed by atoms with Gasteiger partial charge in [-0.1, -0.05) is 15.9 Å². The highest BCUT2D eigenvalue weighted by molar-refractivity contribution is 9.10. The van der Waals surface area contributed by atoms with E-state index in [2.05, 4.69) is 32.3 Å². The van der Waals surface area contributed by atoms with E-state index in [1.807, 2.05) is 18.2 Å². The van der Waals surface area contributed by atoms with Gasteiger partial charge in [0.1, 0.15) is 12.4 Å². The zero-order chi connectivity index (χ0) is 14.7. The van der Waals surface area contributed by atoms with Gasteiger partial charge in [0.25, 0.3) is 0 Å². The Morgan fingerprint density at radius 2 is 2.24 bits per heavy atom. The number of nitrogens with one attached hydrogen (secondary N) is 1. The molecule has 0 fully saturated rings. The van der Waals surface area contributed by atoms with Crippen molar-refractivity contribution in [1.82, 2.24) is 4.98 Å². The van der Waals surface area contributed by atoms with Crippen LogP contribution in [-0.2, 0) is 6.61 Å². The second-order valence-corrected chi connectivity index (χ2v) is 5.73. The van der Waals surface area contributed by atoms with Gasteiger partial charge in [0.05, 0.1) is 18.5 Å². The molecule has 1 aliphatic rings. The summed E-state index contributed by atoms with van der Waals surface area (Å²) in [5.74, 6) is 0.902. The number of pyridine rings is 1. The van der Waals surface area contributed by atoms with Crippen LogP contribution in [0.3, 0.4) is 0 Å². The van der Waals surface area contributed by atoms with Crippen molar-refractivity contribution in [2.24, 2.45) is 0 Å². The normalized spacial score (nSPS) is 13.1. The Kier molecular flexibility index (Phi) is 4.22. The first-order valence-electron chi connectivity index (χ1n) is 6.65. The molecule has 2 N–H and O–H groups in total. The van der Waals surface area contributed by atoms with Crippen LogP contribution in [0.5, 0.6) is 5.75 Å². The lowest BCUT2D eigenvalue weighted by Crippen LogP contribution is -2.15. The predicted octanol–water partition coefficient (Wildman–Crippen LogP) is 3.22. The molecule has 108 valence electrons. The molecular weight excluding hydrogens is 332 g/mol. The van der Waals surface area contributed by atoms with E-state index in [4.69, 9.17) is 4.74 Å². The third kappa shape index (κ3) is 3.25. The fourth-order valence-electron chi connectivity index (χ4n) is 2.23. The van der Waals surface area contributed by atoms with Gasteiger partial charge in [-0.2, -0.15) is 0 Å². The van der Waals surface area contributed by atoms with Crippen molar-refractivity contribution in [1.29, 1.82) is 0 Å². The van der Waals surface area contributed by atoms with Crippen molar-refractivity contribution in [3.05, 3.63) is 57.8 Å². The van der Waals surface area contributed by atoms with Gasteiger partial charge in [-0.3, -0.25) is 4.98 Å². The molecule has 0 spiro atoms. The quantitative estimate of drug-likeness (QED) is 0.892. The van der Waals surface area contributed by atoms with E-state index >= 15 is 0 Å². The number of hydrogen-bond acceptors (Lipinski definition) is 4. The lowest BCUT2D eigenvalue weighted by Gasteiger charge is -2.19. The third-order valence-corrected chi connectivity index (χ3v) is 3.83. The zero-order valence-electron chi connectivity index (χ0n) is 11.3. The standard InChI is InChI=1S/C16H15BrN2O2/c17-14-1-2-16-13(6-14)5-11(10-21-16)7-19-15-8-18-4-3-12(15)9-20/h1-6,8,19-20H,7,9-10H2. The highest BCUT2D eigenvalue weighted by atomic mass is 79.9. The molecule has 5 heteroatoms. The average Bonchev–Trinajstić information content (AvgIpc) is 2.52. The molecule has 0 saturated carbocycles. The van der Waals surface area contributed by atoms with Crippen molar-refractivity contribution in [2.45, 2.75) is 6.61 Å². The Balaban J connectivity index is 1.74. The summed E-state index contributed by atoms with van der Waals surface area (Å²) in [6.45, 7) is 1.22. The molecule has 0 atom stereocenters. The van der Waals surface area contributed by atoms with Crippen LogP contribution in [-0.4, -0.2) is 23.2 Å². The Labute approximate surface area is 131 Å². The molecule has 1 aromatic carbocycles. The number of anilines is 1. The van der Waals surface area contributed by atoms with E-state index in [-0.39, 0.29) is 6.61 Å². The highest BCUT2D eigenvalue weighted by Crippen LogP contribution is 2.29. The van der Waals surface area contributed by atoms with Crippen LogP contribution < -0.4 is 10.1 Å². The van der Waals surface area contributed by atoms with Gasteiger partial charge in [-0.25, -0.2) is 0 Å². The number of aliphatic hydroxyl groups excluding tert-OH is 1. The lowest BCUT2D eigenvalue weighted by atomic mass is 10.1. The minimum atomic E-state index is -0.00379. The summed E-state index contributed by atoms with van der Waals surface area (Å²) in [6.07, 6.45) is 5.53. The lowest BCUT2D eigenvalue weighted by molar-refractivity contribution is 0.282. The van der Waals surface area contributed by atoms with Crippen LogP contribution in [0.15, 0.2) is 46.7 Å². The maximum atomic E-state index is 9.30. The van der Waals surface area contributed by atoms with E-state index in [1.54, 1.807) is 18.5 Å². The summed E-state index contributed by atoms with van der Waals surface area (Å²) >= 11 is 3.47. The van der Waals surface area contributed by atoms with Crippen molar-refractivity contribution >= 4 is 27.7 Å². The minimum absolute atomic E-state index is 0.00379. The topological polar surface area (TPSA) is 54.4 Å². The molecule has 0 radical (unpaired) electrons. The second kappa shape index (κ2) is 6.28. The van der Waals surface area contributed by atoms with Gasteiger partial charge >= 0.3 is 0 Å². The number of halogens is 1. The first kappa shape index (κ1) is 14.1. The third-order valence-electron chi connectivity index (χ3n) is 3.33. The molecule has 0 amide bonds. The molecule has 0 saturated heterocycles. The SMILES string of the molecule is OCc1ccncc1NCC1=Cc2cc(Br)ccc2OC1. The molecule has 2 aromatic rings. The Morgan fingerprint density at radius 1 is 1.33 bits per heavy atom. The minimum Gasteiger partial charge on any atom is -0.489 e. The summed E-state index contributed by atoms with van der Waals surface area (Å²) in [6, 6.07) is 7.78. The fraction of sp³-hybridized carbons (Fsp3) is 0.188. The number of aromatic nitrogens is 1. The summed E-state index contributed by atoms with van der Waals surface area (Å²) in [5, 5.41) is 12.6. The molecule has 21 heavy (non-hydrogen) atoms. The van der Waals surface area contributed by atoms with Gasteiger partial charge < -0.3 is 15.2 Å². The largest absolute Gasteiger partial charge is 0.489 e. The first-order valence-corrected chi connectivity index (χ1v) is 7.45. The first-order chi connectivity index (χ1) is 10.3. The van der Waals surface area contributed by atoms with E-state index in [9.17, 15) is 5.11 Å². The summed E-state index contributed by atoms with van der Waals surface area (Å²) < 4.78 is 6.77. The molecular formula is C16H15BrN2O2. The van der Waals surface area contributed by atoms with E-state index < -0.39 is 0 Å². The number of benzene rings is 1. The maximum Gasteiger partial charge on any atom is 0.127 e. The van der Waals surface area contributed by atoms with Gasteiger partial charge in [0.15, 0.2) is 0 Å². The fourth-order valence-corrected chi connectivity index (χ4v) is 2.61. The molecule has 3 rings (SSSR count). The van der Waals surface area contributed by atoms with Crippen LogP contribution in [0.2, 0.25) is 0 Å². The Morgan fingerprint density at radius 3 is 3.10 bits per heavy atom. The second-order valence-electron chi connectivity index (χ2n) is 4.82. The van der Waals surface area contributed by atoms with E-state index in [1.165, 1.54) is 0 Å². The zero-order valence-corrected chi connectivity index (χ0v) is 12.9. The summed E-state index contributed by atoms with van der Waals surface area (Å²) in [4.78, 5) is 4.07. The van der Waals surface area contributed by atoms with Gasteiger partial charge in [-0.15, -0.1) is 0 Å². The average molecular weight is 347 g/mol.